The molecule has 2 nitrogen and oxygen atoms in total. The molecule has 1 atom stereocenters. The molecule has 0 saturated carbocycles. The van der Waals surface area contributed by atoms with E-state index in [2.05, 4.69) is 50.1 Å². The van der Waals surface area contributed by atoms with Gasteiger partial charge in [0.15, 0.2) is 0 Å². The summed E-state index contributed by atoms with van der Waals surface area (Å²) in [6.07, 6.45) is 4.31. The standard InChI is InChI=1S/C9H17N2P/c1-7(2)11-12-9(4)5-8(3)6-10-12/h5-7,10-11H,1-4H3. The second-order valence-corrected chi connectivity index (χ2v) is 5.32. The highest BCUT2D eigenvalue weighted by Crippen LogP contribution is 2.39. The molecule has 1 heterocycles. The summed E-state index contributed by atoms with van der Waals surface area (Å²) in [6.45, 7) is 8.62. The highest BCUT2D eigenvalue weighted by atomic mass is 31.1. The van der Waals surface area contributed by atoms with Gasteiger partial charge in [-0.25, -0.2) is 0 Å². The number of hydrogen-bond donors (Lipinski definition) is 2. The molecule has 0 aliphatic carbocycles. The van der Waals surface area contributed by atoms with Crippen molar-refractivity contribution in [3.05, 3.63) is 23.2 Å². The average Bonchev–Trinajstić information content (AvgIpc) is 1.94. The first-order valence-corrected chi connectivity index (χ1v) is 5.61. The van der Waals surface area contributed by atoms with Crippen molar-refractivity contribution in [2.75, 3.05) is 0 Å². The van der Waals surface area contributed by atoms with Gasteiger partial charge in [-0.3, -0.25) is 5.09 Å². The van der Waals surface area contributed by atoms with Gasteiger partial charge in [-0.15, -0.1) is 0 Å². The molecule has 0 fully saturated rings. The van der Waals surface area contributed by atoms with Crippen LogP contribution in [0.2, 0.25) is 0 Å². The molecule has 1 aliphatic rings. The smallest absolute Gasteiger partial charge is 0.0900 e. The van der Waals surface area contributed by atoms with E-state index in [-0.39, 0.29) is 8.22 Å². The third-order valence-corrected chi connectivity index (χ3v) is 3.59. The van der Waals surface area contributed by atoms with Crippen LogP contribution in [0.5, 0.6) is 0 Å². The number of allylic oxidation sites excluding steroid dienone is 3. The highest BCUT2D eigenvalue weighted by Gasteiger charge is 2.12. The Morgan fingerprint density at radius 2 is 2.08 bits per heavy atom. The molecule has 1 unspecified atom stereocenters. The minimum Gasteiger partial charge on any atom is -0.355 e. The summed E-state index contributed by atoms with van der Waals surface area (Å²) in [5.74, 6) is 0. The molecule has 0 radical (unpaired) electrons. The zero-order valence-corrected chi connectivity index (χ0v) is 9.07. The normalized spacial score (nSPS) is 23.2. The molecule has 2 N–H and O–H groups in total. The Balaban J connectivity index is 2.56. The molecule has 0 spiro atoms. The molecule has 12 heavy (non-hydrogen) atoms. The number of hydrogen-bond acceptors (Lipinski definition) is 2. The summed E-state index contributed by atoms with van der Waals surface area (Å²) in [4.78, 5) is 0. The van der Waals surface area contributed by atoms with E-state index in [0.717, 1.165) is 0 Å². The Morgan fingerprint density at radius 1 is 1.42 bits per heavy atom. The minimum absolute atomic E-state index is 0.314. The summed E-state index contributed by atoms with van der Waals surface area (Å²) < 4.78 is 0. The molecule has 3 heteroatoms. The second-order valence-electron chi connectivity index (χ2n) is 3.42. The first kappa shape index (κ1) is 9.76. The van der Waals surface area contributed by atoms with Crippen LogP contribution < -0.4 is 10.2 Å². The molecule has 1 aliphatic heterocycles. The maximum absolute atomic E-state index is 3.49. The van der Waals surface area contributed by atoms with Gasteiger partial charge >= 0.3 is 0 Å². The van der Waals surface area contributed by atoms with E-state index in [4.69, 9.17) is 0 Å². The van der Waals surface area contributed by atoms with Gasteiger partial charge in [0.25, 0.3) is 0 Å². The van der Waals surface area contributed by atoms with Crippen LogP contribution in [-0.4, -0.2) is 6.04 Å². The van der Waals surface area contributed by atoms with E-state index < -0.39 is 0 Å². The molecule has 1 rings (SSSR count). The van der Waals surface area contributed by atoms with Crippen molar-refractivity contribution in [2.24, 2.45) is 0 Å². The fraction of sp³-hybridized carbons (Fsp3) is 0.556. The number of rotatable bonds is 2. The van der Waals surface area contributed by atoms with Crippen molar-refractivity contribution in [1.82, 2.24) is 10.2 Å². The molecule has 0 saturated heterocycles. The van der Waals surface area contributed by atoms with Crippen LogP contribution in [0.4, 0.5) is 0 Å². The molecule has 0 aromatic rings. The summed E-state index contributed by atoms with van der Waals surface area (Å²) in [5, 5.41) is 8.28. The highest BCUT2D eigenvalue weighted by molar-refractivity contribution is 7.58. The zero-order valence-electron chi connectivity index (χ0n) is 8.18. The fourth-order valence-corrected chi connectivity index (χ4v) is 2.76. The molecule has 0 bridgehead atoms. The van der Waals surface area contributed by atoms with Crippen molar-refractivity contribution in [2.45, 2.75) is 33.7 Å². The van der Waals surface area contributed by atoms with Gasteiger partial charge in [0.2, 0.25) is 0 Å². The third kappa shape index (κ3) is 2.62. The van der Waals surface area contributed by atoms with Crippen molar-refractivity contribution in [1.29, 1.82) is 0 Å². The Hall–Kier alpha value is -0.330. The Morgan fingerprint density at radius 3 is 2.58 bits per heavy atom. The summed E-state index contributed by atoms with van der Waals surface area (Å²) in [6, 6.07) is 0.541. The van der Waals surface area contributed by atoms with E-state index in [1.54, 1.807) is 0 Å². The van der Waals surface area contributed by atoms with Crippen molar-refractivity contribution >= 4 is 8.22 Å². The van der Waals surface area contributed by atoms with Crippen molar-refractivity contribution in [3.63, 3.8) is 0 Å². The fourth-order valence-electron chi connectivity index (χ4n) is 1.10. The summed E-state index contributed by atoms with van der Waals surface area (Å²) >= 11 is 0. The Labute approximate surface area is 76.0 Å². The van der Waals surface area contributed by atoms with E-state index in [1.165, 1.54) is 10.9 Å². The Bertz CT molecular complexity index is 219. The predicted molar refractivity (Wildman–Crippen MR) is 55.8 cm³/mol. The van der Waals surface area contributed by atoms with E-state index in [1.807, 2.05) is 0 Å². The lowest BCUT2D eigenvalue weighted by atomic mass is 10.3. The van der Waals surface area contributed by atoms with E-state index in [9.17, 15) is 0 Å². The van der Waals surface area contributed by atoms with Crippen LogP contribution in [-0.2, 0) is 0 Å². The largest absolute Gasteiger partial charge is 0.355 e. The maximum Gasteiger partial charge on any atom is 0.0900 e. The summed E-state index contributed by atoms with van der Waals surface area (Å²) in [5.41, 5.74) is 1.30. The predicted octanol–water partition coefficient (Wildman–Crippen LogP) is 2.71. The van der Waals surface area contributed by atoms with Crippen LogP contribution in [0, 0.1) is 0 Å². The average molecular weight is 184 g/mol. The maximum atomic E-state index is 3.49. The van der Waals surface area contributed by atoms with Crippen LogP contribution >= 0.6 is 8.22 Å². The Kier molecular flexibility index (Phi) is 3.30. The van der Waals surface area contributed by atoms with Crippen LogP contribution in [0.3, 0.4) is 0 Å². The lowest BCUT2D eigenvalue weighted by Gasteiger charge is -2.25. The van der Waals surface area contributed by atoms with Crippen LogP contribution in [0.15, 0.2) is 23.2 Å². The molecular weight excluding hydrogens is 167 g/mol. The molecular formula is C9H17N2P. The van der Waals surface area contributed by atoms with Crippen molar-refractivity contribution in [3.8, 4) is 0 Å². The van der Waals surface area contributed by atoms with Gasteiger partial charge in [0.1, 0.15) is 0 Å². The molecule has 0 amide bonds. The lowest BCUT2D eigenvalue weighted by molar-refractivity contribution is 0.756. The van der Waals surface area contributed by atoms with E-state index >= 15 is 0 Å². The molecule has 0 aromatic heterocycles. The minimum atomic E-state index is -0.314. The summed E-state index contributed by atoms with van der Waals surface area (Å²) in [7, 11) is -0.314. The third-order valence-electron chi connectivity index (χ3n) is 1.60. The van der Waals surface area contributed by atoms with Gasteiger partial charge in [-0.2, -0.15) is 0 Å². The SMILES string of the molecule is CC1=CNP(NC(C)C)C(C)=C1. The zero-order chi connectivity index (χ0) is 9.14. The van der Waals surface area contributed by atoms with Crippen LogP contribution in [0.1, 0.15) is 27.7 Å². The van der Waals surface area contributed by atoms with Gasteiger partial charge in [-0.05, 0) is 38.6 Å². The van der Waals surface area contributed by atoms with E-state index in [0.29, 0.717) is 6.04 Å². The quantitative estimate of drug-likeness (QED) is 0.645. The molecule has 68 valence electrons. The van der Waals surface area contributed by atoms with Crippen LogP contribution in [0.25, 0.3) is 0 Å². The van der Waals surface area contributed by atoms with Gasteiger partial charge in [0, 0.05) is 12.2 Å². The lowest BCUT2D eigenvalue weighted by Crippen LogP contribution is -2.23. The van der Waals surface area contributed by atoms with Gasteiger partial charge < -0.3 is 5.09 Å². The topological polar surface area (TPSA) is 24.1 Å². The van der Waals surface area contributed by atoms with Gasteiger partial charge in [0.05, 0.1) is 8.22 Å². The monoisotopic (exact) mass is 184 g/mol. The van der Waals surface area contributed by atoms with Gasteiger partial charge in [-0.1, -0.05) is 6.08 Å². The molecule has 0 aromatic carbocycles. The first-order valence-electron chi connectivity index (χ1n) is 4.27. The van der Waals surface area contributed by atoms with Crippen molar-refractivity contribution < 1.29 is 0 Å². The number of nitrogens with one attached hydrogen (secondary N) is 2. The first-order chi connectivity index (χ1) is 5.59. The second kappa shape index (κ2) is 4.06.